The predicted octanol–water partition coefficient (Wildman–Crippen LogP) is 2.95. The number of nitrogens with one attached hydrogen (secondary N) is 1. The standard InChI is InChI=1S/C20H32N2O4/c1-14(2)10-16(22-8-6-7-9-22)13-21-20(23)15-11-17(24-3)19(26-5)18(12-15)25-4/h11-12,14,16H,6-10,13H2,1-5H3,(H,21,23). The van der Waals surface area contributed by atoms with E-state index in [-0.39, 0.29) is 5.91 Å². The summed E-state index contributed by atoms with van der Waals surface area (Å²) < 4.78 is 16.0. The second-order valence-electron chi connectivity index (χ2n) is 7.15. The van der Waals surface area contributed by atoms with Crippen LogP contribution in [0.2, 0.25) is 0 Å². The van der Waals surface area contributed by atoms with Gasteiger partial charge in [-0.05, 0) is 50.4 Å². The Hall–Kier alpha value is -1.95. The molecule has 146 valence electrons. The highest BCUT2D eigenvalue weighted by Crippen LogP contribution is 2.38. The molecule has 0 aliphatic carbocycles. The van der Waals surface area contributed by atoms with Gasteiger partial charge >= 0.3 is 0 Å². The SMILES string of the molecule is COc1cc(C(=O)NCC(CC(C)C)N2CCCC2)cc(OC)c1OC. The second kappa shape index (κ2) is 9.67. The number of rotatable bonds is 9. The Bertz CT molecular complexity index is 572. The lowest BCUT2D eigenvalue weighted by atomic mass is 10.0. The molecule has 1 aliphatic rings. The molecule has 1 heterocycles. The lowest BCUT2D eigenvalue weighted by molar-refractivity contribution is 0.0932. The zero-order chi connectivity index (χ0) is 19.1. The smallest absolute Gasteiger partial charge is 0.251 e. The number of hydrogen-bond acceptors (Lipinski definition) is 5. The summed E-state index contributed by atoms with van der Waals surface area (Å²) in [5, 5.41) is 3.09. The topological polar surface area (TPSA) is 60.0 Å². The second-order valence-corrected chi connectivity index (χ2v) is 7.15. The van der Waals surface area contributed by atoms with E-state index in [1.54, 1.807) is 33.5 Å². The highest BCUT2D eigenvalue weighted by molar-refractivity contribution is 5.95. The first-order valence-corrected chi connectivity index (χ1v) is 9.32. The van der Waals surface area contributed by atoms with Gasteiger partial charge in [-0.25, -0.2) is 0 Å². The minimum absolute atomic E-state index is 0.128. The number of nitrogens with zero attached hydrogens (tertiary/aromatic N) is 1. The van der Waals surface area contributed by atoms with Crippen LogP contribution in [-0.4, -0.2) is 57.8 Å². The largest absolute Gasteiger partial charge is 0.493 e. The van der Waals surface area contributed by atoms with Crippen LogP contribution >= 0.6 is 0 Å². The van der Waals surface area contributed by atoms with Gasteiger partial charge in [0.05, 0.1) is 21.3 Å². The van der Waals surface area contributed by atoms with Crippen molar-refractivity contribution in [2.75, 3.05) is 41.0 Å². The molecule has 1 saturated heterocycles. The lowest BCUT2D eigenvalue weighted by Crippen LogP contribution is -2.43. The van der Waals surface area contributed by atoms with E-state index >= 15 is 0 Å². The van der Waals surface area contributed by atoms with Crippen LogP contribution in [0.1, 0.15) is 43.5 Å². The highest BCUT2D eigenvalue weighted by atomic mass is 16.5. The maximum Gasteiger partial charge on any atom is 0.251 e. The molecule has 0 bridgehead atoms. The normalized spacial score (nSPS) is 15.8. The summed E-state index contributed by atoms with van der Waals surface area (Å²) >= 11 is 0. The molecule has 2 rings (SSSR count). The Balaban J connectivity index is 2.10. The van der Waals surface area contributed by atoms with E-state index in [0.717, 1.165) is 19.5 Å². The van der Waals surface area contributed by atoms with E-state index in [4.69, 9.17) is 14.2 Å². The lowest BCUT2D eigenvalue weighted by Gasteiger charge is -2.29. The summed E-state index contributed by atoms with van der Waals surface area (Å²) in [6, 6.07) is 3.75. The van der Waals surface area contributed by atoms with Crippen molar-refractivity contribution in [1.29, 1.82) is 0 Å². The Morgan fingerprint density at radius 2 is 1.65 bits per heavy atom. The number of ether oxygens (including phenoxy) is 3. The molecule has 1 aromatic rings. The fourth-order valence-corrected chi connectivity index (χ4v) is 3.54. The fourth-order valence-electron chi connectivity index (χ4n) is 3.54. The van der Waals surface area contributed by atoms with Crippen LogP contribution in [0.5, 0.6) is 17.2 Å². The van der Waals surface area contributed by atoms with Gasteiger partial charge in [0.15, 0.2) is 11.5 Å². The molecule has 0 saturated carbocycles. The van der Waals surface area contributed by atoms with E-state index in [0.29, 0.717) is 41.3 Å². The van der Waals surface area contributed by atoms with Gasteiger partial charge in [-0.15, -0.1) is 0 Å². The predicted molar refractivity (Wildman–Crippen MR) is 102 cm³/mol. The molecule has 6 heteroatoms. The van der Waals surface area contributed by atoms with Crippen molar-refractivity contribution in [3.05, 3.63) is 17.7 Å². The number of methoxy groups -OCH3 is 3. The van der Waals surface area contributed by atoms with Gasteiger partial charge < -0.3 is 19.5 Å². The van der Waals surface area contributed by atoms with Gasteiger partial charge in [0, 0.05) is 18.2 Å². The molecular weight excluding hydrogens is 332 g/mol. The molecule has 1 aromatic carbocycles. The molecule has 1 N–H and O–H groups in total. The average Bonchev–Trinajstić information content (AvgIpc) is 3.17. The maximum atomic E-state index is 12.7. The van der Waals surface area contributed by atoms with Crippen molar-refractivity contribution in [3.8, 4) is 17.2 Å². The quantitative estimate of drug-likeness (QED) is 0.730. The van der Waals surface area contributed by atoms with Crippen LogP contribution in [0.15, 0.2) is 12.1 Å². The van der Waals surface area contributed by atoms with Crippen LogP contribution in [0.3, 0.4) is 0 Å². The first-order chi connectivity index (χ1) is 12.5. The van der Waals surface area contributed by atoms with Crippen LogP contribution in [0, 0.1) is 5.92 Å². The third-order valence-corrected chi connectivity index (χ3v) is 4.83. The Morgan fingerprint density at radius 1 is 1.08 bits per heavy atom. The molecule has 1 atom stereocenters. The van der Waals surface area contributed by atoms with Crippen molar-refractivity contribution in [2.24, 2.45) is 5.92 Å². The molecule has 0 aromatic heterocycles. The van der Waals surface area contributed by atoms with E-state index < -0.39 is 0 Å². The zero-order valence-electron chi connectivity index (χ0n) is 16.6. The molecule has 0 spiro atoms. The summed E-state index contributed by atoms with van der Waals surface area (Å²) in [4.78, 5) is 15.2. The minimum atomic E-state index is -0.128. The first kappa shape index (κ1) is 20.4. The number of amides is 1. The van der Waals surface area contributed by atoms with Crippen LogP contribution in [0.4, 0.5) is 0 Å². The molecule has 6 nitrogen and oxygen atoms in total. The van der Waals surface area contributed by atoms with Crippen molar-refractivity contribution in [3.63, 3.8) is 0 Å². The van der Waals surface area contributed by atoms with Gasteiger partial charge in [-0.3, -0.25) is 9.69 Å². The molecular formula is C20H32N2O4. The van der Waals surface area contributed by atoms with Crippen LogP contribution in [-0.2, 0) is 0 Å². The maximum absolute atomic E-state index is 12.7. The first-order valence-electron chi connectivity index (χ1n) is 9.32. The summed E-state index contributed by atoms with van der Waals surface area (Å²) in [6.45, 7) is 7.34. The van der Waals surface area contributed by atoms with Gasteiger partial charge in [-0.2, -0.15) is 0 Å². The van der Waals surface area contributed by atoms with Crippen LogP contribution < -0.4 is 19.5 Å². The Morgan fingerprint density at radius 3 is 2.12 bits per heavy atom. The number of likely N-dealkylation sites (tertiary alicyclic amines) is 1. The fraction of sp³-hybridized carbons (Fsp3) is 0.650. The van der Waals surface area contributed by atoms with E-state index in [1.165, 1.54) is 12.8 Å². The number of carbonyl (C=O) groups excluding carboxylic acids is 1. The third-order valence-electron chi connectivity index (χ3n) is 4.83. The van der Waals surface area contributed by atoms with Crippen molar-refractivity contribution in [1.82, 2.24) is 10.2 Å². The molecule has 1 fully saturated rings. The van der Waals surface area contributed by atoms with Crippen molar-refractivity contribution in [2.45, 2.75) is 39.2 Å². The van der Waals surface area contributed by atoms with Gasteiger partial charge in [-0.1, -0.05) is 13.8 Å². The van der Waals surface area contributed by atoms with Gasteiger partial charge in [0.25, 0.3) is 5.91 Å². The average molecular weight is 364 g/mol. The zero-order valence-corrected chi connectivity index (χ0v) is 16.6. The monoisotopic (exact) mass is 364 g/mol. The molecule has 1 aliphatic heterocycles. The number of benzene rings is 1. The summed E-state index contributed by atoms with van der Waals surface area (Å²) in [7, 11) is 4.64. The van der Waals surface area contributed by atoms with Gasteiger partial charge in [0.1, 0.15) is 0 Å². The minimum Gasteiger partial charge on any atom is -0.493 e. The van der Waals surface area contributed by atoms with E-state index in [1.807, 2.05) is 0 Å². The molecule has 0 radical (unpaired) electrons. The highest BCUT2D eigenvalue weighted by Gasteiger charge is 2.24. The molecule has 1 unspecified atom stereocenters. The summed E-state index contributed by atoms with van der Waals surface area (Å²) in [5.41, 5.74) is 0.504. The third kappa shape index (κ3) is 5.04. The molecule has 1 amide bonds. The van der Waals surface area contributed by atoms with E-state index in [9.17, 15) is 4.79 Å². The van der Waals surface area contributed by atoms with Crippen molar-refractivity contribution >= 4 is 5.91 Å². The Labute approximate surface area is 156 Å². The van der Waals surface area contributed by atoms with Crippen molar-refractivity contribution < 1.29 is 19.0 Å². The van der Waals surface area contributed by atoms with E-state index in [2.05, 4.69) is 24.1 Å². The molecule has 26 heavy (non-hydrogen) atoms. The summed E-state index contributed by atoms with van der Waals surface area (Å²) in [6.07, 6.45) is 3.57. The van der Waals surface area contributed by atoms with Gasteiger partial charge in [0.2, 0.25) is 5.75 Å². The number of hydrogen-bond donors (Lipinski definition) is 1. The Kier molecular flexibility index (Phi) is 7.57. The van der Waals surface area contributed by atoms with Crippen LogP contribution in [0.25, 0.3) is 0 Å². The summed E-state index contributed by atoms with van der Waals surface area (Å²) in [5.74, 6) is 1.92. The number of carbonyl (C=O) groups is 1.